The fraction of sp³-hybridized carbons (Fsp3) is 0.233. The molecule has 38 heavy (non-hydrogen) atoms. The molecule has 0 bridgehead atoms. The minimum atomic E-state index is 0.0287. The predicted molar refractivity (Wildman–Crippen MR) is 149 cm³/mol. The lowest BCUT2D eigenvalue weighted by atomic mass is 10.1. The van der Waals surface area contributed by atoms with Crippen molar-refractivity contribution in [3.8, 4) is 11.4 Å². The van der Waals surface area contributed by atoms with Crippen molar-refractivity contribution < 1.29 is 0 Å². The van der Waals surface area contributed by atoms with Crippen LogP contribution in [0.3, 0.4) is 0 Å². The van der Waals surface area contributed by atoms with Crippen LogP contribution in [0, 0.1) is 6.92 Å². The quantitative estimate of drug-likeness (QED) is 0.305. The van der Waals surface area contributed by atoms with Crippen LogP contribution in [0.5, 0.6) is 0 Å². The van der Waals surface area contributed by atoms with Gasteiger partial charge in [-0.15, -0.1) is 5.10 Å². The number of fused-ring (bicyclic) bond motifs is 2. The van der Waals surface area contributed by atoms with Gasteiger partial charge in [0.05, 0.1) is 17.4 Å². The minimum Gasteiger partial charge on any atom is -0.343 e. The van der Waals surface area contributed by atoms with Crippen molar-refractivity contribution >= 4 is 21.8 Å². The van der Waals surface area contributed by atoms with Crippen LogP contribution in [0.4, 0.5) is 0 Å². The van der Waals surface area contributed by atoms with E-state index in [1.54, 1.807) is 0 Å². The van der Waals surface area contributed by atoms with E-state index in [1.165, 1.54) is 0 Å². The molecule has 3 aromatic carbocycles. The van der Waals surface area contributed by atoms with Gasteiger partial charge in [0, 0.05) is 30.2 Å². The van der Waals surface area contributed by atoms with Crippen LogP contribution < -0.4 is 5.56 Å². The van der Waals surface area contributed by atoms with Gasteiger partial charge in [0.2, 0.25) is 0 Å². The highest BCUT2D eigenvalue weighted by atomic mass is 16.1. The average molecular weight is 504 g/mol. The van der Waals surface area contributed by atoms with Gasteiger partial charge >= 0.3 is 0 Å². The molecule has 3 heterocycles. The zero-order valence-corrected chi connectivity index (χ0v) is 21.6. The van der Waals surface area contributed by atoms with Crippen molar-refractivity contribution in [3.05, 3.63) is 106 Å². The average Bonchev–Trinajstić information content (AvgIpc) is 3.61. The smallest absolute Gasteiger partial charge is 0.261 e. The fourth-order valence-electron chi connectivity index (χ4n) is 5.08. The van der Waals surface area contributed by atoms with Gasteiger partial charge in [-0.1, -0.05) is 55.3 Å². The Balaban J connectivity index is 1.34. The molecule has 1 N–H and O–H groups in total. The van der Waals surface area contributed by atoms with Gasteiger partial charge < -0.3 is 4.57 Å². The van der Waals surface area contributed by atoms with Gasteiger partial charge in [-0.05, 0) is 70.6 Å². The molecular weight excluding hydrogens is 474 g/mol. The maximum absolute atomic E-state index is 13.6. The molecule has 0 saturated carbocycles. The van der Waals surface area contributed by atoms with E-state index in [9.17, 15) is 4.79 Å². The summed E-state index contributed by atoms with van der Waals surface area (Å²) >= 11 is 0. The molecule has 0 aliphatic carbocycles. The van der Waals surface area contributed by atoms with E-state index < -0.39 is 0 Å². The second-order valence-corrected chi connectivity index (χ2v) is 9.79. The summed E-state index contributed by atoms with van der Waals surface area (Å²) in [5.41, 5.74) is 6.18. The summed E-state index contributed by atoms with van der Waals surface area (Å²) < 4.78 is 4.08. The van der Waals surface area contributed by atoms with Gasteiger partial charge in [-0.3, -0.25) is 9.36 Å². The molecule has 0 radical (unpaired) electrons. The zero-order valence-electron chi connectivity index (χ0n) is 21.6. The van der Waals surface area contributed by atoms with E-state index in [4.69, 9.17) is 4.98 Å². The molecule has 190 valence electrons. The van der Waals surface area contributed by atoms with Crippen LogP contribution in [0.15, 0.2) is 77.7 Å². The number of aromatic amines is 1. The summed E-state index contributed by atoms with van der Waals surface area (Å²) in [5, 5.41) is 16.2. The summed E-state index contributed by atoms with van der Waals surface area (Å²) in [4.78, 5) is 18.5. The molecule has 3 aromatic heterocycles. The van der Waals surface area contributed by atoms with Crippen molar-refractivity contribution in [3.63, 3.8) is 0 Å². The fourth-order valence-corrected chi connectivity index (χ4v) is 5.08. The molecule has 0 atom stereocenters. The Hall–Kier alpha value is -4.59. The summed E-state index contributed by atoms with van der Waals surface area (Å²) in [6, 6.07) is 22.6. The third kappa shape index (κ3) is 4.49. The highest BCUT2D eigenvalue weighted by Crippen LogP contribution is 2.24. The number of tetrazole rings is 1. The topological polar surface area (TPSA) is 94.3 Å². The van der Waals surface area contributed by atoms with Crippen LogP contribution in [0.1, 0.15) is 42.3 Å². The second-order valence-electron chi connectivity index (χ2n) is 9.79. The summed E-state index contributed by atoms with van der Waals surface area (Å²) in [5.74, 6) is 1.51. The van der Waals surface area contributed by atoms with Crippen LogP contribution in [-0.4, -0.2) is 34.7 Å². The molecule has 0 aliphatic rings. The molecule has 8 nitrogen and oxygen atoms in total. The Labute approximate surface area is 220 Å². The third-order valence-electron chi connectivity index (χ3n) is 7.08. The number of rotatable bonds is 8. The maximum Gasteiger partial charge on any atom is 0.261 e. The van der Waals surface area contributed by atoms with E-state index in [1.807, 2.05) is 47.9 Å². The largest absolute Gasteiger partial charge is 0.343 e. The van der Waals surface area contributed by atoms with E-state index in [0.29, 0.717) is 24.3 Å². The van der Waals surface area contributed by atoms with E-state index in [2.05, 4.69) is 68.6 Å². The number of H-pyrrole nitrogens is 1. The second kappa shape index (κ2) is 10.0. The standard InChI is InChI=1S/C30H29N7O/c1-3-4-9-28-31-26-12-10-20(2)16-25(26)30(38)37(28)18-21-11-13-27-22(17-21)14-15-36(27)19-23-7-5-6-8-24(23)29-32-34-35-33-29/h5-8,10-17H,3-4,9,18-19H2,1-2H3,(H,32,33,34,35). The molecule has 0 spiro atoms. The molecule has 8 heteroatoms. The van der Waals surface area contributed by atoms with Crippen LogP contribution in [0.2, 0.25) is 0 Å². The molecule has 0 unspecified atom stereocenters. The molecule has 0 saturated heterocycles. The lowest BCUT2D eigenvalue weighted by Crippen LogP contribution is -2.26. The Morgan fingerprint density at radius 1 is 0.974 bits per heavy atom. The molecule has 0 fully saturated rings. The summed E-state index contributed by atoms with van der Waals surface area (Å²) in [6.07, 6.45) is 4.94. The number of nitrogens with zero attached hydrogens (tertiary/aromatic N) is 6. The zero-order chi connectivity index (χ0) is 26.1. The highest BCUT2D eigenvalue weighted by Gasteiger charge is 2.14. The van der Waals surface area contributed by atoms with Crippen molar-refractivity contribution in [1.29, 1.82) is 0 Å². The Morgan fingerprint density at radius 3 is 2.71 bits per heavy atom. The SMILES string of the molecule is CCCCc1nc2ccc(C)cc2c(=O)n1Cc1ccc2c(ccn2Cc2ccccc2-c2nnn[nH]2)c1. The molecule has 6 aromatic rings. The van der Waals surface area contributed by atoms with E-state index in [0.717, 1.165) is 63.8 Å². The Bertz CT molecular complexity index is 1800. The van der Waals surface area contributed by atoms with E-state index >= 15 is 0 Å². The lowest BCUT2D eigenvalue weighted by molar-refractivity contribution is 0.646. The molecular formula is C30H29N7O. The van der Waals surface area contributed by atoms with Gasteiger partial charge in [-0.25, -0.2) is 10.1 Å². The first-order valence-corrected chi connectivity index (χ1v) is 13.0. The minimum absolute atomic E-state index is 0.0287. The molecule has 0 amide bonds. The first-order valence-electron chi connectivity index (χ1n) is 13.0. The number of hydrogen-bond acceptors (Lipinski definition) is 5. The maximum atomic E-state index is 13.6. The van der Waals surface area contributed by atoms with Gasteiger partial charge in [0.15, 0.2) is 5.82 Å². The van der Waals surface area contributed by atoms with Gasteiger partial charge in [0.25, 0.3) is 5.56 Å². The van der Waals surface area contributed by atoms with Crippen molar-refractivity contribution in [1.82, 2.24) is 34.7 Å². The molecule has 6 rings (SSSR count). The predicted octanol–water partition coefficient (Wildman–Crippen LogP) is 5.28. The van der Waals surface area contributed by atoms with Crippen molar-refractivity contribution in [2.24, 2.45) is 0 Å². The monoisotopic (exact) mass is 503 g/mol. The van der Waals surface area contributed by atoms with Crippen LogP contribution in [-0.2, 0) is 19.5 Å². The summed E-state index contributed by atoms with van der Waals surface area (Å²) in [7, 11) is 0. The first-order chi connectivity index (χ1) is 18.6. The number of aromatic nitrogens is 7. The highest BCUT2D eigenvalue weighted by molar-refractivity contribution is 5.81. The van der Waals surface area contributed by atoms with Crippen LogP contribution >= 0.6 is 0 Å². The number of nitrogens with one attached hydrogen (secondary N) is 1. The third-order valence-corrected chi connectivity index (χ3v) is 7.08. The number of hydrogen-bond donors (Lipinski definition) is 1. The Kier molecular flexibility index (Phi) is 6.29. The summed E-state index contributed by atoms with van der Waals surface area (Å²) in [6.45, 7) is 5.35. The van der Waals surface area contributed by atoms with Crippen molar-refractivity contribution in [2.75, 3.05) is 0 Å². The van der Waals surface area contributed by atoms with E-state index in [-0.39, 0.29) is 5.56 Å². The molecule has 0 aliphatic heterocycles. The van der Waals surface area contributed by atoms with Crippen molar-refractivity contribution in [2.45, 2.75) is 46.2 Å². The van der Waals surface area contributed by atoms with Crippen LogP contribution in [0.25, 0.3) is 33.2 Å². The number of benzene rings is 3. The van der Waals surface area contributed by atoms with Gasteiger partial charge in [0.1, 0.15) is 5.82 Å². The van der Waals surface area contributed by atoms with Gasteiger partial charge in [-0.2, -0.15) is 0 Å². The number of unbranched alkanes of at least 4 members (excludes halogenated alkanes) is 1. The lowest BCUT2D eigenvalue weighted by Gasteiger charge is -2.14. The Morgan fingerprint density at radius 2 is 1.87 bits per heavy atom. The first kappa shape index (κ1) is 23.8. The normalized spacial score (nSPS) is 11.5. The number of aryl methyl sites for hydroxylation is 2.